The van der Waals surface area contributed by atoms with Crippen LogP contribution in [0.25, 0.3) is 11.0 Å². The standard InChI is InChI=1S/C15H21N3/c1-10(2)12-5-6-14-15(7-12)18(11(3)16-14)13-8-17(4)9-13/h5-7,10,13H,8-9H2,1-4H3. The summed E-state index contributed by atoms with van der Waals surface area (Å²) < 4.78 is 2.42. The van der Waals surface area contributed by atoms with Crippen LogP contribution in [-0.4, -0.2) is 34.6 Å². The molecule has 0 amide bonds. The zero-order valence-electron chi connectivity index (χ0n) is 11.6. The Kier molecular flexibility index (Phi) is 2.67. The van der Waals surface area contributed by atoms with Crippen LogP contribution in [0.3, 0.4) is 0 Å². The molecule has 0 aliphatic carbocycles. The second kappa shape index (κ2) is 4.09. The molecule has 3 heteroatoms. The normalized spacial score (nSPS) is 17.6. The van der Waals surface area contributed by atoms with Crippen molar-refractivity contribution in [2.45, 2.75) is 32.7 Å². The van der Waals surface area contributed by atoms with Gasteiger partial charge in [0.2, 0.25) is 0 Å². The van der Waals surface area contributed by atoms with Crippen molar-refractivity contribution in [1.82, 2.24) is 14.5 Å². The largest absolute Gasteiger partial charge is 0.322 e. The molecular weight excluding hydrogens is 222 g/mol. The van der Waals surface area contributed by atoms with Crippen LogP contribution >= 0.6 is 0 Å². The Labute approximate surface area is 108 Å². The molecule has 0 bridgehead atoms. The average molecular weight is 243 g/mol. The number of aromatic nitrogens is 2. The van der Waals surface area contributed by atoms with E-state index in [-0.39, 0.29) is 0 Å². The number of imidazole rings is 1. The van der Waals surface area contributed by atoms with Crippen molar-refractivity contribution in [3.8, 4) is 0 Å². The molecule has 0 radical (unpaired) electrons. The van der Waals surface area contributed by atoms with Crippen molar-refractivity contribution < 1.29 is 0 Å². The van der Waals surface area contributed by atoms with Crippen LogP contribution in [0.15, 0.2) is 18.2 Å². The van der Waals surface area contributed by atoms with Crippen LogP contribution in [0, 0.1) is 6.92 Å². The maximum atomic E-state index is 4.69. The topological polar surface area (TPSA) is 21.1 Å². The van der Waals surface area contributed by atoms with Crippen LogP contribution in [0.4, 0.5) is 0 Å². The summed E-state index contributed by atoms with van der Waals surface area (Å²) in [4.78, 5) is 7.04. The van der Waals surface area contributed by atoms with E-state index in [0.29, 0.717) is 12.0 Å². The second-order valence-electron chi connectivity index (χ2n) is 5.81. The summed E-state index contributed by atoms with van der Waals surface area (Å²) in [5, 5.41) is 0. The number of likely N-dealkylation sites (N-methyl/N-ethyl adjacent to an activating group) is 1. The van der Waals surface area contributed by atoms with Gasteiger partial charge >= 0.3 is 0 Å². The van der Waals surface area contributed by atoms with Gasteiger partial charge in [-0.1, -0.05) is 19.9 Å². The van der Waals surface area contributed by atoms with Gasteiger partial charge in [0.15, 0.2) is 0 Å². The third kappa shape index (κ3) is 1.74. The molecule has 1 saturated heterocycles. The number of benzene rings is 1. The Hall–Kier alpha value is -1.35. The molecule has 2 aromatic rings. The first-order valence-corrected chi connectivity index (χ1v) is 6.73. The fourth-order valence-electron chi connectivity index (χ4n) is 2.88. The third-order valence-corrected chi connectivity index (χ3v) is 3.97. The van der Waals surface area contributed by atoms with Gasteiger partial charge in [0.25, 0.3) is 0 Å². The molecule has 1 aromatic heterocycles. The Morgan fingerprint density at radius 3 is 2.61 bits per heavy atom. The molecule has 3 nitrogen and oxygen atoms in total. The minimum atomic E-state index is 0.571. The number of hydrogen-bond donors (Lipinski definition) is 0. The summed E-state index contributed by atoms with van der Waals surface area (Å²) in [6, 6.07) is 7.29. The summed E-state index contributed by atoms with van der Waals surface area (Å²) in [6.45, 7) is 8.88. The maximum absolute atomic E-state index is 4.69. The summed E-state index contributed by atoms with van der Waals surface area (Å²) >= 11 is 0. The molecule has 96 valence electrons. The highest BCUT2D eigenvalue weighted by molar-refractivity contribution is 5.77. The van der Waals surface area contributed by atoms with Crippen molar-refractivity contribution in [2.75, 3.05) is 20.1 Å². The quantitative estimate of drug-likeness (QED) is 0.808. The fourth-order valence-corrected chi connectivity index (χ4v) is 2.88. The summed E-state index contributed by atoms with van der Waals surface area (Å²) in [5.74, 6) is 1.71. The third-order valence-electron chi connectivity index (χ3n) is 3.97. The van der Waals surface area contributed by atoms with Crippen LogP contribution in [0.5, 0.6) is 0 Å². The van der Waals surface area contributed by atoms with E-state index in [1.807, 2.05) is 0 Å². The van der Waals surface area contributed by atoms with Crippen molar-refractivity contribution in [3.63, 3.8) is 0 Å². The highest BCUT2D eigenvalue weighted by atomic mass is 15.3. The minimum Gasteiger partial charge on any atom is -0.322 e. The predicted molar refractivity (Wildman–Crippen MR) is 75.1 cm³/mol. The van der Waals surface area contributed by atoms with Gasteiger partial charge in [-0.25, -0.2) is 4.98 Å². The van der Waals surface area contributed by atoms with Gasteiger partial charge in [0, 0.05) is 13.1 Å². The second-order valence-corrected chi connectivity index (χ2v) is 5.81. The van der Waals surface area contributed by atoms with Crippen LogP contribution in [0.2, 0.25) is 0 Å². The van der Waals surface area contributed by atoms with E-state index in [2.05, 4.69) is 60.5 Å². The lowest BCUT2D eigenvalue weighted by Crippen LogP contribution is -2.45. The molecular formula is C15H21N3. The van der Waals surface area contributed by atoms with Crippen molar-refractivity contribution in [1.29, 1.82) is 0 Å². The lowest BCUT2D eigenvalue weighted by molar-refractivity contribution is 0.142. The monoisotopic (exact) mass is 243 g/mol. The van der Waals surface area contributed by atoms with Crippen molar-refractivity contribution in [3.05, 3.63) is 29.6 Å². The lowest BCUT2D eigenvalue weighted by atomic mass is 10.0. The van der Waals surface area contributed by atoms with E-state index in [0.717, 1.165) is 24.4 Å². The smallest absolute Gasteiger partial charge is 0.107 e. The van der Waals surface area contributed by atoms with E-state index in [1.165, 1.54) is 11.1 Å². The molecule has 1 fully saturated rings. The first-order chi connectivity index (χ1) is 8.56. The summed E-state index contributed by atoms with van der Waals surface area (Å²) in [5.41, 5.74) is 3.83. The first-order valence-electron chi connectivity index (χ1n) is 6.73. The van der Waals surface area contributed by atoms with Crippen LogP contribution < -0.4 is 0 Å². The maximum Gasteiger partial charge on any atom is 0.107 e. The number of aryl methyl sites for hydroxylation is 1. The molecule has 0 spiro atoms. The average Bonchev–Trinajstić information content (AvgIpc) is 2.59. The number of hydrogen-bond acceptors (Lipinski definition) is 2. The predicted octanol–water partition coefficient (Wildman–Crippen LogP) is 2.95. The SMILES string of the molecule is Cc1nc2ccc(C(C)C)cc2n1C1CN(C)C1. The Morgan fingerprint density at radius 1 is 1.28 bits per heavy atom. The molecule has 0 unspecified atom stereocenters. The van der Waals surface area contributed by atoms with Gasteiger partial charge in [0.05, 0.1) is 17.1 Å². The van der Waals surface area contributed by atoms with Gasteiger partial charge < -0.3 is 9.47 Å². The van der Waals surface area contributed by atoms with E-state index < -0.39 is 0 Å². The van der Waals surface area contributed by atoms with Crippen LogP contribution in [-0.2, 0) is 0 Å². The summed E-state index contributed by atoms with van der Waals surface area (Å²) in [7, 11) is 2.17. The number of nitrogens with zero attached hydrogens (tertiary/aromatic N) is 3. The molecule has 1 aromatic carbocycles. The highest BCUT2D eigenvalue weighted by Gasteiger charge is 2.27. The summed E-state index contributed by atoms with van der Waals surface area (Å²) in [6.07, 6.45) is 0. The van der Waals surface area contributed by atoms with Gasteiger partial charge in [0.1, 0.15) is 5.82 Å². The van der Waals surface area contributed by atoms with Crippen molar-refractivity contribution in [2.24, 2.45) is 0 Å². The Bertz CT molecular complexity index is 577. The molecule has 1 aliphatic heterocycles. The molecule has 0 saturated carbocycles. The Balaban J connectivity index is 2.11. The van der Waals surface area contributed by atoms with Crippen molar-refractivity contribution >= 4 is 11.0 Å². The van der Waals surface area contributed by atoms with Gasteiger partial charge in [-0.3, -0.25) is 0 Å². The highest BCUT2D eigenvalue weighted by Crippen LogP contribution is 2.28. The molecule has 2 heterocycles. The van der Waals surface area contributed by atoms with Crippen LogP contribution in [0.1, 0.15) is 37.2 Å². The molecule has 3 rings (SSSR count). The van der Waals surface area contributed by atoms with Gasteiger partial charge in [-0.2, -0.15) is 0 Å². The molecule has 0 atom stereocenters. The number of fused-ring (bicyclic) bond motifs is 1. The van der Waals surface area contributed by atoms with Gasteiger partial charge in [-0.05, 0) is 37.6 Å². The van der Waals surface area contributed by atoms with Gasteiger partial charge in [-0.15, -0.1) is 0 Å². The lowest BCUT2D eigenvalue weighted by Gasteiger charge is -2.38. The zero-order valence-corrected chi connectivity index (χ0v) is 11.6. The van der Waals surface area contributed by atoms with E-state index in [1.54, 1.807) is 0 Å². The van der Waals surface area contributed by atoms with E-state index in [4.69, 9.17) is 0 Å². The molecule has 1 aliphatic rings. The first kappa shape index (κ1) is 11.7. The minimum absolute atomic E-state index is 0.571. The number of rotatable bonds is 2. The Morgan fingerprint density at radius 2 is 2.00 bits per heavy atom. The molecule has 18 heavy (non-hydrogen) atoms. The zero-order chi connectivity index (χ0) is 12.9. The number of likely N-dealkylation sites (tertiary alicyclic amines) is 1. The van der Waals surface area contributed by atoms with E-state index >= 15 is 0 Å². The fraction of sp³-hybridized carbons (Fsp3) is 0.533. The molecule has 0 N–H and O–H groups in total. The van der Waals surface area contributed by atoms with E-state index in [9.17, 15) is 0 Å².